The Balaban J connectivity index is 1.55. The number of rotatable bonds is 9. The lowest BCUT2D eigenvalue weighted by Gasteiger charge is -2.12. The fourth-order valence-corrected chi connectivity index (χ4v) is 4.54. The summed E-state index contributed by atoms with van der Waals surface area (Å²) in [7, 11) is 0. The van der Waals surface area contributed by atoms with E-state index in [-0.39, 0.29) is 5.69 Å². The molecule has 0 aliphatic carbocycles. The number of carbonyl (C=O) groups is 1. The summed E-state index contributed by atoms with van der Waals surface area (Å²) < 4.78 is 5.87. The lowest BCUT2D eigenvalue weighted by Crippen LogP contribution is -2.04. The monoisotopic (exact) mass is 449 g/mol. The molecule has 0 unspecified atom stereocenters. The number of hydrogen-bond donors (Lipinski definition) is 1. The van der Waals surface area contributed by atoms with Crippen molar-refractivity contribution in [2.45, 2.75) is 31.1 Å². The van der Waals surface area contributed by atoms with E-state index in [9.17, 15) is 9.90 Å². The number of aromatic carboxylic acids is 1. The van der Waals surface area contributed by atoms with Gasteiger partial charge in [-0.15, -0.1) is 11.8 Å². The number of aromatic nitrogens is 1. The highest BCUT2D eigenvalue weighted by molar-refractivity contribution is 7.99. The van der Waals surface area contributed by atoms with Gasteiger partial charge in [-0.2, -0.15) is 0 Å². The topological polar surface area (TPSA) is 59.4 Å². The molecule has 1 N–H and O–H groups in total. The Kier molecular flexibility index (Phi) is 7.64. The van der Waals surface area contributed by atoms with Gasteiger partial charge in [0.05, 0.1) is 22.5 Å². The average Bonchev–Trinajstić information content (AvgIpc) is 2.66. The van der Waals surface area contributed by atoms with Gasteiger partial charge in [-0.1, -0.05) is 40.9 Å². The van der Waals surface area contributed by atoms with Gasteiger partial charge < -0.3 is 9.84 Å². The van der Waals surface area contributed by atoms with Gasteiger partial charge in [0.15, 0.2) is 5.69 Å². The number of benzene rings is 2. The third kappa shape index (κ3) is 6.01. The van der Waals surface area contributed by atoms with Gasteiger partial charge in [-0.3, -0.25) is 0 Å². The van der Waals surface area contributed by atoms with Crippen molar-refractivity contribution in [3.63, 3.8) is 0 Å². The van der Waals surface area contributed by atoms with E-state index >= 15 is 0 Å². The molecule has 152 valence electrons. The van der Waals surface area contributed by atoms with Crippen molar-refractivity contribution in [2.24, 2.45) is 0 Å². The standard InChI is InChI=1S/C22H21Cl2NO3S/c1-14-6-5-7-16(10-14)29-9-4-2-3-8-28-20-13-19(22(26)27)25-18-12-15(23)11-17(24)21(18)20/h5-7,10-13H,2-4,8-9H2,1H3,(H,26,27). The van der Waals surface area contributed by atoms with Crippen LogP contribution in [0, 0.1) is 6.92 Å². The molecule has 0 aliphatic heterocycles. The smallest absolute Gasteiger partial charge is 0.354 e. The molecule has 1 aromatic heterocycles. The van der Waals surface area contributed by atoms with Crippen molar-refractivity contribution in [1.29, 1.82) is 0 Å². The van der Waals surface area contributed by atoms with E-state index < -0.39 is 5.97 Å². The zero-order valence-corrected chi connectivity index (χ0v) is 18.3. The Morgan fingerprint density at radius 2 is 1.97 bits per heavy atom. The molecule has 29 heavy (non-hydrogen) atoms. The van der Waals surface area contributed by atoms with Gasteiger partial charge in [0.25, 0.3) is 0 Å². The van der Waals surface area contributed by atoms with Crippen LogP contribution >= 0.6 is 35.0 Å². The Morgan fingerprint density at radius 3 is 2.72 bits per heavy atom. The molecule has 0 bridgehead atoms. The maximum absolute atomic E-state index is 11.4. The second-order valence-corrected chi connectivity index (χ2v) is 8.68. The van der Waals surface area contributed by atoms with Crippen LogP contribution in [0.4, 0.5) is 0 Å². The normalized spacial score (nSPS) is 11.0. The minimum atomic E-state index is -1.12. The number of halogens is 2. The highest BCUT2D eigenvalue weighted by atomic mass is 35.5. The number of aryl methyl sites for hydroxylation is 1. The minimum Gasteiger partial charge on any atom is -0.493 e. The van der Waals surface area contributed by atoms with E-state index in [0.29, 0.717) is 33.3 Å². The van der Waals surface area contributed by atoms with Crippen LogP contribution in [-0.4, -0.2) is 28.4 Å². The summed E-state index contributed by atoms with van der Waals surface area (Å²) in [5, 5.41) is 10.7. The van der Waals surface area contributed by atoms with Crippen molar-refractivity contribution in [1.82, 2.24) is 4.98 Å². The first-order chi connectivity index (χ1) is 13.9. The highest BCUT2D eigenvalue weighted by Crippen LogP contribution is 2.34. The number of ether oxygens (including phenoxy) is 1. The van der Waals surface area contributed by atoms with Crippen LogP contribution in [0.5, 0.6) is 5.75 Å². The molecule has 3 rings (SSSR count). The molecular weight excluding hydrogens is 429 g/mol. The predicted molar refractivity (Wildman–Crippen MR) is 120 cm³/mol. The zero-order chi connectivity index (χ0) is 20.8. The molecule has 0 spiro atoms. The molecule has 0 radical (unpaired) electrons. The number of pyridine rings is 1. The van der Waals surface area contributed by atoms with Crippen LogP contribution < -0.4 is 4.74 Å². The van der Waals surface area contributed by atoms with E-state index in [0.717, 1.165) is 25.0 Å². The first kappa shape index (κ1) is 21.8. The van der Waals surface area contributed by atoms with Gasteiger partial charge in [0.1, 0.15) is 5.75 Å². The molecule has 1 heterocycles. The predicted octanol–water partition coefficient (Wildman–Crippen LogP) is 6.89. The first-order valence-electron chi connectivity index (χ1n) is 9.29. The third-order valence-corrected chi connectivity index (χ3v) is 5.91. The summed E-state index contributed by atoms with van der Waals surface area (Å²) in [5.41, 5.74) is 1.58. The molecule has 0 fully saturated rings. The number of unbranched alkanes of at least 4 members (excludes halogenated alkanes) is 2. The first-order valence-corrected chi connectivity index (χ1v) is 11.0. The van der Waals surface area contributed by atoms with Crippen LogP contribution in [0.1, 0.15) is 35.3 Å². The van der Waals surface area contributed by atoms with Gasteiger partial charge in [0.2, 0.25) is 0 Å². The van der Waals surface area contributed by atoms with E-state index in [1.54, 1.807) is 12.1 Å². The van der Waals surface area contributed by atoms with Gasteiger partial charge in [-0.05, 0) is 56.2 Å². The average molecular weight is 450 g/mol. The summed E-state index contributed by atoms with van der Waals surface area (Å²) in [6.07, 6.45) is 2.97. The van der Waals surface area contributed by atoms with Crippen molar-refractivity contribution < 1.29 is 14.6 Å². The van der Waals surface area contributed by atoms with Crippen LogP contribution in [0.25, 0.3) is 10.9 Å². The van der Waals surface area contributed by atoms with Crippen molar-refractivity contribution >= 4 is 51.8 Å². The lowest BCUT2D eigenvalue weighted by atomic mass is 10.1. The van der Waals surface area contributed by atoms with E-state index in [4.69, 9.17) is 27.9 Å². The molecule has 3 aromatic rings. The summed E-state index contributed by atoms with van der Waals surface area (Å²) in [4.78, 5) is 16.8. The van der Waals surface area contributed by atoms with Crippen LogP contribution in [0.2, 0.25) is 10.0 Å². The summed E-state index contributed by atoms with van der Waals surface area (Å²) in [5.74, 6) is 0.346. The highest BCUT2D eigenvalue weighted by Gasteiger charge is 2.15. The molecular formula is C22H21Cl2NO3S. The number of thioether (sulfide) groups is 1. The van der Waals surface area contributed by atoms with Crippen LogP contribution in [-0.2, 0) is 0 Å². The Hall–Kier alpha value is -1.95. The zero-order valence-electron chi connectivity index (χ0n) is 16.0. The number of carboxylic acids is 1. The summed E-state index contributed by atoms with van der Waals surface area (Å²) in [6, 6.07) is 13.1. The van der Waals surface area contributed by atoms with Crippen molar-refractivity contribution in [3.8, 4) is 5.75 Å². The van der Waals surface area contributed by atoms with Crippen molar-refractivity contribution in [3.05, 3.63) is 63.8 Å². The van der Waals surface area contributed by atoms with Crippen molar-refractivity contribution in [2.75, 3.05) is 12.4 Å². The molecule has 0 amide bonds. The lowest BCUT2D eigenvalue weighted by molar-refractivity contribution is 0.0690. The van der Waals surface area contributed by atoms with E-state index in [1.165, 1.54) is 16.5 Å². The van der Waals surface area contributed by atoms with Crippen LogP contribution in [0.15, 0.2) is 47.4 Å². The Labute approximate surface area is 184 Å². The fraction of sp³-hybridized carbons (Fsp3) is 0.273. The molecule has 0 saturated heterocycles. The molecule has 0 atom stereocenters. The number of carboxylic acid groups (broad SMARTS) is 1. The van der Waals surface area contributed by atoms with E-state index in [2.05, 4.69) is 36.2 Å². The molecule has 0 aliphatic rings. The second-order valence-electron chi connectivity index (χ2n) is 6.67. The maximum atomic E-state index is 11.4. The minimum absolute atomic E-state index is 0.0969. The van der Waals surface area contributed by atoms with Gasteiger partial charge >= 0.3 is 5.97 Å². The van der Waals surface area contributed by atoms with Gasteiger partial charge in [-0.25, -0.2) is 9.78 Å². The second kappa shape index (κ2) is 10.2. The largest absolute Gasteiger partial charge is 0.493 e. The Bertz CT molecular complexity index is 1030. The number of nitrogens with zero attached hydrogens (tertiary/aromatic N) is 1. The molecule has 4 nitrogen and oxygen atoms in total. The Morgan fingerprint density at radius 1 is 1.14 bits per heavy atom. The quantitative estimate of drug-likeness (QED) is 0.284. The molecule has 7 heteroatoms. The van der Waals surface area contributed by atoms with Crippen LogP contribution in [0.3, 0.4) is 0 Å². The molecule has 0 saturated carbocycles. The summed E-state index contributed by atoms with van der Waals surface area (Å²) in [6.45, 7) is 2.58. The van der Waals surface area contributed by atoms with E-state index in [1.807, 2.05) is 11.8 Å². The summed E-state index contributed by atoms with van der Waals surface area (Å²) >= 11 is 14.2. The fourth-order valence-electron chi connectivity index (χ4n) is 2.93. The SMILES string of the molecule is Cc1cccc(SCCCCCOc2cc(C(=O)O)nc3cc(Cl)cc(Cl)c23)c1. The number of hydrogen-bond acceptors (Lipinski definition) is 4. The van der Waals surface area contributed by atoms with Gasteiger partial charge in [0, 0.05) is 16.0 Å². The number of fused-ring (bicyclic) bond motifs is 1. The third-order valence-electron chi connectivity index (χ3n) is 4.31. The molecule has 2 aromatic carbocycles. The maximum Gasteiger partial charge on any atom is 0.354 e.